The van der Waals surface area contributed by atoms with Gasteiger partial charge in [-0.15, -0.1) is 0 Å². The van der Waals surface area contributed by atoms with Crippen molar-refractivity contribution in [3.05, 3.63) is 31.5 Å². The van der Waals surface area contributed by atoms with Gasteiger partial charge < -0.3 is 15.3 Å². The predicted octanol–water partition coefficient (Wildman–Crippen LogP) is -3.07. The summed E-state index contributed by atoms with van der Waals surface area (Å²) >= 11 is 0. The van der Waals surface area contributed by atoms with Crippen LogP contribution in [-0.2, 0) is 19.6 Å². The molecule has 0 aromatic carbocycles. The summed E-state index contributed by atoms with van der Waals surface area (Å²) in [6.45, 7) is 1.09. The summed E-state index contributed by atoms with van der Waals surface area (Å²) in [6.07, 6.45) is 0. The highest BCUT2D eigenvalue weighted by Crippen LogP contribution is 2.01. The van der Waals surface area contributed by atoms with E-state index in [4.69, 9.17) is 10.2 Å². The Hall–Kier alpha value is -1.71. The normalized spacial score (nSPS) is 11.8. The second-order valence-electron chi connectivity index (χ2n) is 5.00. The third-order valence-electron chi connectivity index (χ3n) is 2.58. The van der Waals surface area contributed by atoms with Crippen molar-refractivity contribution >= 4 is 0 Å². The molecule has 0 fully saturated rings. The van der Waals surface area contributed by atoms with Crippen molar-refractivity contribution < 1.29 is 15.3 Å². The van der Waals surface area contributed by atoms with E-state index in [0.717, 1.165) is 0 Å². The van der Waals surface area contributed by atoms with Crippen molar-refractivity contribution in [2.45, 2.75) is 39.1 Å². The van der Waals surface area contributed by atoms with Crippen LogP contribution in [0.1, 0.15) is 13.8 Å². The number of hydrogen-bond donors (Lipinski definition) is 3. The van der Waals surface area contributed by atoms with Gasteiger partial charge in [-0.25, -0.2) is 28.1 Å². The molecule has 0 aliphatic heterocycles. The molecule has 0 saturated heterocycles. The fourth-order valence-electron chi connectivity index (χ4n) is 1.79. The molecule has 1 aromatic rings. The molecule has 114 valence electrons. The lowest BCUT2D eigenvalue weighted by atomic mass is 10.1. The highest BCUT2D eigenvalue weighted by Gasteiger charge is 2.21. The highest BCUT2D eigenvalue weighted by molar-refractivity contribution is 4.81. The number of aliphatic hydroxyl groups is 3. The quantitative estimate of drug-likeness (QED) is 0.510. The number of aliphatic hydroxyl groups excluding tert-OH is 2. The molecule has 0 aliphatic carbocycles. The number of hydrogen-bond acceptors (Lipinski definition) is 6. The first-order chi connectivity index (χ1) is 9.22. The van der Waals surface area contributed by atoms with Crippen molar-refractivity contribution in [2.24, 2.45) is 0 Å². The van der Waals surface area contributed by atoms with Gasteiger partial charge in [-0.05, 0) is 13.8 Å². The summed E-state index contributed by atoms with van der Waals surface area (Å²) in [6, 6.07) is 0. The minimum Gasteiger partial charge on any atom is -0.395 e. The van der Waals surface area contributed by atoms with Gasteiger partial charge in [0.1, 0.15) is 0 Å². The summed E-state index contributed by atoms with van der Waals surface area (Å²) < 4.78 is 2.11. The number of rotatable bonds is 6. The second-order valence-corrected chi connectivity index (χ2v) is 5.00. The minimum absolute atomic E-state index is 0.269. The minimum atomic E-state index is -1.33. The van der Waals surface area contributed by atoms with Crippen molar-refractivity contribution in [3.8, 4) is 0 Å². The van der Waals surface area contributed by atoms with Crippen LogP contribution in [0.2, 0.25) is 0 Å². The SMILES string of the molecule is CC(C)(O)Cn1c(=O)n(CCO)c(=O)n(CCO)c1=O. The van der Waals surface area contributed by atoms with Gasteiger partial charge in [-0.2, -0.15) is 0 Å². The van der Waals surface area contributed by atoms with Crippen molar-refractivity contribution in [2.75, 3.05) is 13.2 Å². The maximum atomic E-state index is 12.1. The molecule has 9 nitrogen and oxygen atoms in total. The van der Waals surface area contributed by atoms with Crippen LogP contribution in [0.15, 0.2) is 14.4 Å². The summed E-state index contributed by atoms with van der Waals surface area (Å²) in [5.74, 6) is 0. The van der Waals surface area contributed by atoms with Crippen LogP contribution < -0.4 is 17.1 Å². The summed E-state index contributed by atoms with van der Waals surface area (Å²) in [4.78, 5) is 36.1. The van der Waals surface area contributed by atoms with E-state index in [1.54, 1.807) is 0 Å². The molecule has 9 heteroatoms. The lowest BCUT2D eigenvalue weighted by Crippen LogP contribution is -2.56. The molecular formula is C11H19N3O6. The van der Waals surface area contributed by atoms with Gasteiger partial charge in [0.25, 0.3) is 0 Å². The fraction of sp³-hybridized carbons (Fsp3) is 0.727. The summed E-state index contributed by atoms with van der Waals surface area (Å²) in [5, 5.41) is 27.5. The Morgan fingerprint density at radius 3 is 1.50 bits per heavy atom. The van der Waals surface area contributed by atoms with E-state index in [1.807, 2.05) is 0 Å². The number of aromatic nitrogens is 3. The zero-order valence-electron chi connectivity index (χ0n) is 11.4. The topological polar surface area (TPSA) is 127 Å². The van der Waals surface area contributed by atoms with Gasteiger partial charge >= 0.3 is 17.1 Å². The molecule has 3 N–H and O–H groups in total. The Morgan fingerprint density at radius 1 is 0.850 bits per heavy atom. The molecular weight excluding hydrogens is 270 g/mol. The fourth-order valence-corrected chi connectivity index (χ4v) is 1.79. The molecule has 0 spiro atoms. The van der Waals surface area contributed by atoms with Crippen molar-refractivity contribution in [3.63, 3.8) is 0 Å². The molecule has 0 aliphatic rings. The lowest BCUT2D eigenvalue weighted by molar-refractivity contribution is 0.0568. The van der Waals surface area contributed by atoms with Gasteiger partial charge in [-0.1, -0.05) is 0 Å². The van der Waals surface area contributed by atoms with Gasteiger partial charge in [0.05, 0.1) is 38.4 Å². The zero-order valence-corrected chi connectivity index (χ0v) is 11.4. The molecule has 0 unspecified atom stereocenters. The second kappa shape index (κ2) is 6.16. The van der Waals surface area contributed by atoms with Gasteiger partial charge in [0.2, 0.25) is 0 Å². The van der Waals surface area contributed by atoms with E-state index in [0.29, 0.717) is 13.7 Å². The maximum Gasteiger partial charge on any atom is 0.336 e. The Morgan fingerprint density at radius 2 is 1.20 bits per heavy atom. The van der Waals surface area contributed by atoms with Crippen LogP contribution in [-0.4, -0.2) is 47.8 Å². The third kappa shape index (κ3) is 3.44. The van der Waals surface area contributed by atoms with Crippen molar-refractivity contribution in [1.29, 1.82) is 0 Å². The zero-order chi connectivity index (χ0) is 15.5. The Balaban J connectivity index is 3.62. The molecule has 1 aromatic heterocycles. The summed E-state index contributed by atoms with van der Waals surface area (Å²) in [5.41, 5.74) is -4.02. The predicted molar refractivity (Wildman–Crippen MR) is 69.7 cm³/mol. The van der Waals surface area contributed by atoms with Crippen LogP contribution in [0.3, 0.4) is 0 Å². The molecule has 20 heavy (non-hydrogen) atoms. The van der Waals surface area contributed by atoms with Crippen LogP contribution >= 0.6 is 0 Å². The van der Waals surface area contributed by atoms with Crippen LogP contribution in [0.25, 0.3) is 0 Å². The van der Waals surface area contributed by atoms with Crippen LogP contribution in [0, 0.1) is 0 Å². The first-order valence-corrected chi connectivity index (χ1v) is 6.11. The standard InChI is InChI=1S/C11H19N3O6/c1-11(2,20)7-14-9(18)12(3-5-15)8(17)13(4-6-16)10(14)19/h15-16,20H,3-7H2,1-2H3. The Labute approximate surface area is 114 Å². The van der Waals surface area contributed by atoms with Crippen LogP contribution in [0.4, 0.5) is 0 Å². The maximum absolute atomic E-state index is 12.1. The smallest absolute Gasteiger partial charge is 0.336 e. The number of nitrogens with zero attached hydrogens (tertiary/aromatic N) is 3. The van der Waals surface area contributed by atoms with E-state index >= 15 is 0 Å². The van der Waals surface area contributed by atoms with E-state index in [1.165, 1.54) is 13.8 Å². The van der Waals surface area contributed by atoms with Gasteiger partial charge in [0.15, 0.2) is 0 Å². The molecule has 0 bridgehead atoms. The molecule has 1 heterocycles. The molecule has 0 saturated carbocycles. The van der Waals surface area contributed by atoms with Gasteiger partial charge in [0, 0.05) is 0 Å². The largest absolute Gasteiger partial charge is 0.395 e. The Bertz CT molecular complexity index is 589. The first-order valence-electron chi connectivity index (χ1n) is 6.11. The molecule has 1 rings (SSSR count). The average Bonchev–Trinajstić information content (AvgIpc) is 2.34. The third-order valence-corrected chi connectivity index (χ3v) is 2.58. The molecule has 0 radical (unpaired) electrons. The van der Waals surface area contributed by atoms with Crippen LogP contribution in [0.5, 0.6) is 0 Å². The molecule has 0 atom stereocenters. The highest BCUT2D eigenvalue weighted by atomic mass is 16.3. The van der Waals surface area contributed by atoms with E-state index in [-0.39, 0.29) is 19.6 Å². The summed E-state index contributed by atoms with van der Waals surface area (Å²) in [7, 11) is 0. The lowest BCUT2D eigenvalue weighted by Gasteiger charge is -2.19. The Kier molecular flexibility index (Phi) is 5.03. The van der Waals surface area contributed by atoms with E-state index in [2.05, 4.69) is 0 Å². The average molecular weight is 289 g/mol. The first kappa shape index (κ1) is 16.3. The monoisotopic (exact) mass is 289 g/mol. The van der Waals surface area contributed by atoms with Gasteiger partial charge in [-0.3, -0.25) is 0 Å². The van der Waals surface area contributed by atoms with E-state index in [9.17, 15) is 19.5 Å². The van der Waals surface area contributed by atoms with Crippen molar-refractivity contribution in [1.82, 2.24) is 13.7 Å². The van der Waals surface area contributed by atoms with E-state index < -0.39 is 35.9 Å². The molecule has 0 amide bonds.